The molecule has 0 saturated carbocycles. The maximum absolute atomic E-state index is 13.0. The fraction of sp³-hybridized carbons (Fsp3) is 0.304. The first kappa shape index (κ1) is 23.3. The van der Waals surface area contributed by atoms with Crippen LogP contribution in [-0.4, -0.2) is 51.4 Å². The summed E-state index contributed by atoms with van der Waals surface area (Å²) < 4.78 is 21.9. The molecule has 1 aliphatic rings. The molecule has 170 valence electrons. The van der Waals surface area contributed by atoms with Crippen molar-refractivity contribution in [1.29, 1.82) is 0 Å². The van der Waals surface area contributed by atoms with Crippen molar-refractivity contribution in [3.8, 4) is 17.2 Å². The number of methoxy groups -OCH3 is 2. The number of amides is 2. The Labute approximate surface area is 191 Å². The molecule has 1 N–H and O–H groups in total. The van der Waals surface area contributed by atoms with E-state index < -0.39 is 18.0 Å². The number of hydrogen-bond acceptors (Lipinski definition) is 6. The molecular formula is C23H25ClN2O6. The van der Waals surface area contributed by atoms with Crippen molar-refractivity contribution in [3.63, 3.8) is 0 Å². The molecule has 1 heterocycles. The first-order valence-corrected chi connectivity index (χ1v) is 10.3. The molecule has 0 bridgehead atoms. The Balaban J connectivity index is 2.09. The molecular weight excluding hydrogens is 436 g/mol. The van der Waals surface area contributed by atoms with Gasteiger partial charge in [-0.15, -0.1) is 0 Å². The Hall–Kier alpha value is -3.39. The van der Waals surface area contributed by atoms with E-state index >= 15 is 0 Å². The minimum absolute atomic E-state index is 0.0456. The molecule has 3 rings (SSSR count). The van der Waals surface area contributed by atoms with Gasteiger partial charge in [0, 0.05) is 18.1 Å². The number of hydrogen-bond donors (Lipinski definition) is 1. The summed E-state index contributed by atoms with van der Waals surface area (Å²) in [5.41, 5.74) is 1.23. The summed E-state index contributed by atoms with van der Waals surface area (Å²) in [6.07, 6.45) is 0. The molecule has 0 aliphatic carbocycles. The van der Waals surface area contributed by atoms with Crippen LogP contribution >= 0.6 is 11.6 Å². The molecule has 0 spiro atoms. The van der Waals surface area contributed by atoms with E-state index in [0.29, 0.717) is 33.5 Å². The van der Waals surface area contributed by atoms with Gasteiger partial charge >= 0.3 is 12.0 Å². The lowest BCUT2D eigenvalue weighted by Crippen LogP contribution is -2.48. The SMILES string of the molecule is CCOC(=O)C1=C(COc2cccc(Cl)c2)N(C)C(=O)NC1c1cc(OC)cc(OC)c1. The molecule has 9 heteroatoms. The third-order valence-corrected chi connectivity index (χ3v) is 5.19. The zero-order valence-electron chi connectivity index (χ0n) is 18.3. The molecule has 0 aromatic heterocycles. The van der Waals surface area contributed by atoms with E-state index in [2.05, 4.69) is 5.32 Å². The number of ether oxygens (including phenoxy) is 4. The standard InChI is InChI=1S/C23H25ClN2O6/c1-5-31-22(27)20-19(13-32-16-8-6-7-15(24)11-16)26(2)23(28)25-21(20)14-9-17(29-3)12-18(10-14)30-4/h6-12,21H,5,13H2,1-4H3,(H,25,28). The number of esters is 1. The predicted molar refractivity (Wildman–Crippen MR) is 119 cm³/mol. The van der Waals surface area contributed by atoms with Gasteiger partial charge in [0.2, 0.25) is 0 Å². The maximum atomic E-state index is 13.0. The second-order valence-corrected chi connectivity index (χ2v) is 7.35. The highest BCUT2D eigenvalue weighted by molar-refractivity contribution is 6.30. The number of carbonyl (C=O) groups excluding carboxylic acids is 2. The topological polar surface area (TPSA) is 86.3 Å². The quantitative estimate of drug-likeness (QED) is 0.600. The van der Waals surface area contributed by atoms with Gasteiger partial charge in [-0.1, -0.05) is 17.7 Å². The van der Waals surface area contributed by atoms with Crippen LogP contribution in [0, 0.1) is 0 Å². The number of nitrogens with zero attached hydrogens (tertiary/aromatic N) is 1. The van der Waals surface area contributed by atoms with E-state index in [-0.39, 0.29) is 18.8 Å². The van der Waals surface area contributed by atoms with Gasteiger partial charge in [0.15, 0.2) is 0 Å². The van der Waals surface area contributed by atoms with E-state index in [1.165, 1.54) is 19.1 Å². The fourth-order valence-corrected chi connectivity index (χ4v) is 3.52. The van der Waals surface area contributed by atoms with Crippen LogP contribution < -0.4 is 19.5 Å². The van der Waals surface area contributed by atoms with Gasteiger partial charge in [0.05, 0.1) is 38.1 Å². The summed E-state index contributed by atoms with van der Waals surface area (Å²) in [6, 6.07) is 10.8. The van der Waals surface area contributed by atoms with Gasteiger partial charge in [0.25, 0.3) is 0 Å². The van der Waals surface area contributed by atoms with E-state index in [9.17, 15) is 9.59 Å². The molecule has 1 unspecified atom stereocenters. The Morgan fingerprint density at radius 1 is 1.09 bits per heavy atom. The Morgan fingerprint density at radius 3 is 2.38 bits per heavy atom. The summed E-state index contributed by atoms with van der Waals surface area (Å²) in [6.45, 7) is 1.85. The summed E-state index contributed by atoms with van der Waals surface area (Å²) in [4.78, 5) is 27.1. The van der Waals surface area contributed by atoms with Crippen LogP contribution in [0.25, 0.3) is 0 Å². The van der Waals surface area contributed by atoms with Gasteiger partial charge in [-0.05, 0) is 42.8 Å². The Morgan fingerprint density at radius 2 is 1.78 bits per heavy atom. The lowest BCUT2D eigenvalue weighted by molar-refractivity contribution is -0.139. The van der Waals surface area contributed by atoms with Crippen LogP contribution in [0.15, 0.2) is 53.7 Å². The highest BCUT2D eigenvalue weighted by Crippen LogP contribution is 2.35. The largest absolute Gasteiger partial charge is 0.497 e. The van der Waals surface area contributed by atoms with Crippen molar-refractivity contribution in [3.05, 3.63) is 64.3 Å². The number of urea groups is 1. The third kappa shape index (κ3) is 5.08. The van der Waals surface area contributed by atoms with Crippen LogP contribution in [-0.2, 0) is 9.53 Å². The number of halogens is 1. The Bertz CT molecular complexity index is 1020. The molecule has 2 aromatic rings. The first-order valence-electron chi connectivity index (χ1n) is 9.93. The highest BCUT2D eigenvalue weighted by atomic mass is 35.5. The predicted octanol–water partition coefficient (Wildman–Crippen LogP) is 3.95. The normalized spacial score (nSPS) is 15.8. The molecule has 0 saturated heterocycles. The number of rotatable bonds is 8. The summed E-state index contributed by atoms with van der Waals surface area (Å²) >= 11 is 6.03. The number of likely N-dealkylation sites (N-methyl/N-ethyl adjacent to an activating group) is 1. The van der Waals surface area contributed by atoms with Gasteiger partial charge in [-0.3, -0.25) is 4.90 Å². The first-order chi connectivity index (χ1) is 15.4. The second-order valence-electron chi connectivity index (χ2n) is 6.91. The minimum Gasteiger partial charge on any atom is -0.497 e. The van der Waals surface area contributed by atoms with E-state index in [4.69, 9.17) is 30.5 Å². The maximum Gasteiger partial charge on any atom is 0.338 e. The Kier molecular flexibility index (Phi) is 7.48. The van der Waals surface area contributed by atoms with Crippen LogP contribution in [0.1, 0.15) is 18.5 Å². The van der Waals surface area contributed by atoms with Crippen molar-refractivity contribution in [2.75, 3.05) is 34.5 Å². The van der Waals surface area contributed by atoms with Crippen LogP contribution in [0.3, 0.4) is 0 Å². The van der Waals surface area contributed by atoms with Gasteiger partial charge in [-0.2, -0.15) is 0 Å². The molecule has 2 aromatic carbocycles. The van der Waals surface area contributed by atoms with E-state index in [0.717, 1.165) is 0 Å². The van der Waals surface area contributed by atoms with Crippen LogP contribution in [0.5, 0.6) is 17.2 Å². The summed E-state index contributed by atoms with van der Waals surface area (Å²) in [7, 11) is 4.61. The van der Waals surface area contributed by atoms with Crippen LogP contribution in [0.2, 0.25) is 5.02 Å². The molecule has 8 nitrogen and oxygen atoms in total. The smallest absolute Gasteiger partial charge is 0.338 e. The van der Waals surface area contributed by atoms with Gasteiger partial charge in [0.1, 0.15) is 23.9 Å². The van der Waals surface area contributed by atoms with Crippen molar-refractivity contribution in [2.45, 2.75) is 13.0 Å². The zero-order valence-corrected chi connectivity index (χ0v) is 19.1. The lowest BCUT2D eigenvalue weighted by Gasteiger charge is -2.34. The number of benzene rings is 2. The average molecular weight is 461 g/mol. The average Bonchev–Trinajstić information content (AvgIpc) is 2.79. The van der Waals surface area contributed by atoms with E-state index in [1.54, 1.807) is 56.4 Å². The van der Waals surface area contributed by atoms with Crippen molar-refractivity contribution in [1.82, 2.24) is 10.2 Å². The molecule has 2 amide bonds. The lowest BCUT2D eigenvalue weighted by atomic mass is 9.94. The fourth-order valence-electron chi connectivity index (χ4n) is 3.34. The van der Waals surface area contributed by atoms with Crippen molar-refractivity contribution >= 4 is 23.6 Å². The minimum atomic E-state index is -0.792. The second kappa shape index (κ2) is 10.3. The van der Waals surface area contributed by atoms with Crippen molar-refractivity contribution < 1.29 is 28.5 Å². The summed E-state index contributed by atoms with van der Waals surface area (Å²) in [5.74, 6) is 0.989. The highest BCUT2D eigenvalue weighted by Gasteiger charge is 2.37. The zero-order chi connectivity index (χ0) is 23.3. The molecule has 1 aliphatic heterocycles. The summed E-state index contributed by atoms with van der Waals surface area (Å²) in [5, 5.41) is 3.36. The van der Waals surface area contributed by atoms with Gasteiger partial charge < -0.3 is 24.3 Å². The van der Waals surface area contributed by atoms with Gasteiger partial charge in [-0.25, -0.2) is 9.59 Å². The number of carbonyl (C=O) groups is 2. The molecule has 1 atom stereocenters. The molecule has 0 radical (unpaired) electrons. The monoisotopic (exact) mass is 460 g/mol. The molecule has 0 fully saturated rings. The number of nitrogens with one attached hydrogen (secondary N) is 1. The molecule has 32 heavy (non-hydrogen) atoms. The third-order valence-electron chi connectivity index (χ3n) is 4.95. The van der Waals surface area contributed by atoms with Crippen molar-refractivity contribution in [2.24, 2.45) is 0 Å². The van der Waals surface area contributed by atoms with E-state index in [1.807, 2.05) is 0 Å². The van der Waals surface area contributed by atoms with Crippen LogP contribution in [0.4, 0.5) is 4.79 Å².